The van der Waals surface area contributed by atoms with Crippen molar-refractivity contribution in [3.05, 3.63) is 59.7 Å². The summed E-state index contributed by atoms with van der Waals surface area (Å²) in [5.41, 5.74) is 10.2. The van der Waals surface area contributed by atoms with E-state index in [4.69, 9.17) is 20.4 Å². The van der Waals surface area contributed by atoms with Gasteiger partial charge in [0.15, 0.2) is 0 Å². The molecule has 29 heavy (non-hydrogen) atoms. The molecule has 1 fully saturated rings. The van der Waals surface area contributed by atoms with Crippen LogP contribution in [0.5, 0.6) is 5.75 Å². The van der Waals surface area contributed by atoms with Crippen molar-refractivity contribution in [3.8, 4) is 5.75 Å². The highest BCUT2D eigenvalue weighted by Gasteiger charge is 2.34. The molecule has 0 unspecified atom stereocenters. The average Bonchev–Trinajstić information content (AvgIpc) is 2.75. The van der Waals surface area contributed by atoms with Gasteiger partial charge in [-0.1, -0.05) is 35.6 Å². The van der Waals surface area contributed by atoms with Crippen LogP contribution in [0.15, 0.2) is 53.8 Å². The summed E-state index contributed by atoms with van der Waals surface area (Å²) in [4.78, 5) is 0. The molecule has 0 aliphatic carbocycles. The summed E-state index contributed by atoms with van der Waals surface area (Å²) in [6.07, 6.45) is 2.07. The van der Waals surface area contributed by atoms with Crippen LogP contribution in [0.4, 0.5) is 5.69 Å². The number of piperidine rings is 1. The fourth-order valence-electron chi connectivity index (χ4n) is 3.91. The molecule has 1 heterocycles. The Balaban J connectivity index is 1.77. The van der Waals surface area contributed by atoms with Gasteiger partial charge >= 0.3 is 0 Å². The van der Waals surface area contributed by atoms with E-state index in [1.165, 1.54) is 10.6 Å². The molecule has 0 saturated carbocycles. The lowest BCUT2D eigenvalue weighted by Crippen LogP contribution is -2.43. The van der Waals surface area contributed by atoms with E-state index in [1.54, 1.807) is 20.1 Å². The maximum absolute atomic E-state index is 7.79. The van der Waals surface area contributed by atoms with Gasteiger partial charge in [0.2, 0.25) is 0 Å². The number of benzene rings is 2. The minimum absolute atomic E-state index is 0.00540. The monoisotopic (exact) mass is 395 g/mol. The Bertz CT molecular complexity index is 834. The summed E-state index contributed by atoms with van der Waals surface area (Å²) in [7, 11) is 1.63. The lowest BCUT2D eigenvalue weighted by molar-refractivity contribution is 0.0555. The van der Waals surface area contributed by atoms with Crippen LogP contribution in [0.25, 0.3) is 0 Å². The van der Waals surface area contributed by atoms with Crippen LogP contribution in [0.3, 0.4) is 0 Å². The van der Waals surface area contributed by atoms with Gasteiger partial charge in [0, 0.05) is 11.0 Å². The SMILES string of the molecule is COc1ccc(N(N=N)C(C)=N)cc1COCC1(c2ccccc2)CCNCC1. The first-order chi connectivity index (χ1) is 14.1. The average molecular weight is 396 g/mol. The first-order valence-corrected chi connectivity index (χ1v) is 9.83. The number of hydrogen-bond donors (Lipinski definition) is 3. The molecule has 154 valence electrons. The Morgan fingerprint density at radius 2 is 1.90 bits per heavy atom. The minimum Gasteiger partial charge on any atom is -0.496 e. The molecule has 1 saturated heterocycles. The Morgan fingerprint density at radius 3 is 2.52 bits per heavy atom. The van der Waals surface area contributed by atoms with Crippen LogP contribution >= 0.6 is 0 Å². The largest absolute Gasteiger partial charge is 0.496 e. The van der Waals surface area contributed by atoms with Gasteiger partial charge in [0.05, 0.1) is 26.0 Å². The standard InChI is InChI=1S/C22H29N5O2/c1-17(23)27(26-24)20-8-9-21(28-2)18(14-20)15-29-16-22(10-12-25-13-11-22)19-6-4-3-5-7-19/h3-9,14,23-25H,10-13,15-16H2,1-2H3. The fraction of sp³-hybridized carbons (Fsp3) is 0.409. The molecule has 0 bridgehead atoms. The zero-order valence-corrected chi connectivity index (χ0v) is 17.1. The van der Waals surface area contributed by atoms with Crippen LogP contribution in [0.2, 0.25) is 0 Å². The highest BCUT2D eigenvalue weighted by Crippen LogP contribution is 2.34. The van der Waals surface area contributed by atoms with Crippen LogP contribution in [0, 0.1) is 10.9 Å². The summed E-state index contributed by atoms with van der Waals surface area (Å²) in [5, 5.41) is 15.9. The van der Waals surface area contributed by atoms with E-state index in [9.17, 15) is 0 Å². The fourth-order valence-corrected chi connectivity index (χ4v) is 3.91. The van der Waals surface area contributed by atoms with Crippen molar-refractivity contribution < 1.29 is 9.47 Å². The molecule has 3 N–H and O–H groups in total. The first kappa shape index (κ1) is 21.0. The molecule has 0 atom stereocenters. The van der Waals surface area contributed by atoms with Crippen LogP contribution < -0.4 is 15.1 Å². The van der Waals surface area contributed by atoms with Gasteiger partial charge in [-0.2, -0.15) is 5.53 Å². The van der Waals surface area contributed by atoms with Crippen molar-refractivity contribution in [2.75, 3.05) is 31.8 Å². The lowest BCUT2D eigenvalue weighted by atomic mass is 9.74. The van der Waals surface area contributed by atoms with E-state index in [1.807, 2.05) is 18.2 Å². The topological polar surface area (TPSA) is 93.8 Å². The molecule has 0 aromatic heterocycles. The second kappa shape index (κ2) is 9.62. The number of methoxy groups -OCH3 is 1. The highest BCUT2D eigenvalue weighted by atomic mass is 16.5. The molecule has 1 aliphatic heterocycles. The van der Waals surface area contributed by atoms with Gasteiger partial charge in [-0.25, -0.2) is 5.01 Å². The molecular weight excluding hydrogens is 366 g/mol. The van der Waals surface area contributed by atoms with Gasteiger partial charge < -0.3 is 14.8 Å². The third-order valence-electron chi connectivity index (χ3n) is 5.51. The van der Waals surface area contributed by atoms with E-state index >= 15 is 0 Å². The van der Waals surface area contributed by atoms with Gasteiger partial charge in [0.1, 0.15) is 11.6 Å². The van der Waals surface area contributed by atoms with Crippen molar-refractivity contribution in [3.63, 3.8) is 0 Å². The van der Waals surface area contributed by atoms with Crippen molar-refractivity contribution in [1.82, 2.24) is 5.32 Å². The van der Waals surface area contributed by atoms with Gasteiger partial charge in [-0.3, -0.25) is 5.41 Å². The van der Waals surface area contributed by atoms with Crippen LogP contribution in [0.1, 0.15) is 30.9 Å². The Hall–Kier alpha value is -2.77. The van der Waals surface area contributed by atoms with E-state index in [0.717, 1.165) is 37.2 Å². The molecule has 2 aromatic carbocycles. The summed E-state index contributed by atoms with van der Waals surface area (Å²) in [6.45, 7) is 4.58. The summed E-state index contributed by atoms with van der Waals surface area (Å²) < 4.78 is 11.7. The van der Waals surface area contributed by atoms with E-state index < -0.39 is 0 Å². The number of amidine groups is 1. The number of nitrogens with one attached hydrogen (secondary N) is 3. The zero-order chi connectivity index (χ0) is 20.7. The molecule has 7 nitrogen and oxygen atoms in total. The quantitative estimate of drug-likeness (QED) is 0.269. The van der Waals surface area contributed by atoms with Crippen LogP contribution in [-0.2, 0) is 16.8 Å². The smallest absolute Gasteiger partial charge is 0.124 e. The molecular formula is C22H29N5O2. The van der Waals surface area contributed by atoms with E-state index in [0.29, 0.717) is 18.9 Å². The molecule has 2 aromatic rings. The number of ether oxygens (including phenoxy) is 2. The summed E-state index contributed by atoms with van der Waals surface area (Å²) in [6, 6.07) is 16.1. The van der Waals surface area contributed by atoms with Crippen molar-refractivity contribution >= 4 is 11.5 Å². The van der Waals surface area contributed by atoms with Crippen molar-refractivity contribution in [2.24, 2.45) is 5.22 Å². The minimum atomic E-state index is 0.00540. The summed E-state index contributed by atoms with van der Waals surface area (Å²) >= 11 is 0. The zero-order valence-electron chi connectivity index (χ0n) is 17.1. The normalized spacial score (nSPS) is 15.5. The molecule has 1 aliphatic rings. The van der Waals surface area contributed by atoms with Gasteiger partial charge in [0.25, 0.3) is 0 Å². The Morgan fingerprint density at radius 1 is 1.17 bits per heavy atom. The van der Waals surface area contributed by atoms with Crippen molar-refractivity contribution in [1.29, 1.82) is 10.9 Å². The Kier molecular flexibility index (Phi) is 6.95. The maximum Gasteiger partial charge on any atom is 0.124 e. The highest BCUT2D eigenvalue weighted by molar-refractivity contribution is 5.92. The third kappa shape index (κ3) is 4.81. The van der Waals surface area contributed by atoms with E-state index in [2.05, 4.69) is 34.8 Å². The first-order valence-electron chi connectivity index (χ1n) is 9.83. The molecule has 3 rings (SSSR count). The maximum atomic E-state index is 7.79. The second-order valence-electron chi connectivity index (χ2n) is 7.38. The lowest BCUT2D eigenvalue weighted by Gasteiger charge is -2.38. The predicted molar refractivity (Wildman–Crippen MR) is 114 cm³/mol. The molecule has 0 amide bonds. The van der Waals surface area contributed by atoms with E-state index in [-0.39, 0.29) is 11.3 Å². The third-order valence-corrected chi connectivity index (χ3v) is 5.51. The number of anilines is 1. The number of nitrogens with zero attached hydrogens (tertiary/aromatic N) is 2. The Labute approximate surface area is 172 Å². The van der Waals surface area contributed by atoms with Crippen molar-refractivity contribution in [2.45, 2.75) is 31.8 Å². The molecule has 0 radical (unpaired) electrons. The van der Waals surface area contributed by atoms with Gasteiger partial charge in [-0.15, -0.1) is 0 Å². The second-order valence-corrected chi connectivity index (χ2v) is 7.38. The number of hydrogen-bond acceptors (Lipinski definition) is 6. The summed E-state index contributed by atoms with van der Waals surface area (Å²) in [5.74, 6) is 0.898. The molecule has 7 heteroatoms. The number of rotatable bonds is 8. The van der Waals surface area contributed by atoms with Crippen LogP contribution in [-0.4, -0.2) is 32.6 Å². The molecule has 0 spiro atoms. The van der Waals surface area contributed by atoms with Gasteiger partial charge in [-0.05, 0) is 56.6 Å². The predicted octanol–water partition coefficient (Wildman–Crippen LogP) is 4.28.